The van der Waals surface area contributed by atoms with Crippen LogP contribution < -0.4 is 21.3 Å². The van der Waals surface area contributed by atoms with Gasteiger partial charge in [-0.25, -0.2) is 4.79 Å². The highest BCUT2D eigenvalue weighted by Crippen LogP contribution is 2.33. The third-order valence-corrected chi connectivity index (χ3v) is 7.52. The fourth-order valence-electron chi connectivity index (χ4n) is 4.19. The number of aldehydes is 1. The van der Waals surface area contributed by atoms with E-state index in [4.69, 9.17) is 0 Å². The largest absolute Gasteiger partial charge is 0.480 e. The maximum atomic E-state index is 11.8. The van der Waals surface area contributed by atoms with E-state index in [1.807, 2.05) is 11.8 Å². The van der Waals surface area contributed by atoms with Crippen molar-refractivity contribution in [3.05, 3.63) is 0 Å². The number of carboxylic acid groups (broad SMARTS) is 1. The molecular weight excluding hydrogens is 432 g/mol. The molecule has 2 aliphatic heterocycles. The first-order valence-electron chi connectivity index (χ1n) is 11.9. The Bertz CT molecular complexity index is 621. The summed E-state index contributed by atoms with van der Waals surface area (Å²) in [6.45, 7) is 1.28. The summed E-state index contributed by atoms with van der Waals surface area (Å²) in [6, 6.07) is -0.306. The minimum atomic E-state index is -0.828. The van der Waals surface area contributed by atoms with E-state index in [9.17, 15) is 24.3 Å². The Morgan fingerprint density at radius 1 is 1.09 bits per heavy atom. The molecule has 182 valence electrons. The van der Waals surface area contributed by atoms with Crippen LogP contribution in [-0.2, 0) is 14.4 Å². The first kappa shape index (κ1) is 26.4. The van der Waals surface area contributed by atoms with Gasteiger partial charge in [-0.15, -0.1) is 0 Å². The number of hydrogen-bond acceptors (Lipinski definition) is 6. The summed E-state index contributed by atoms with van der Waals surface area (Å²) in [4.78, 5) is 45.0. The number of aliphatic carboxylic acids is 1. The van der Waals surface area contributed by atoms with E-state index in [-0.39, 0.29) is 24.0 Å². The summed E-state index contributed by atoms with van der Waals surface area (Å²) in [5, 5.41) is 21.7. The van der Waals surface area contributed by atoms with Crippen LogP contribution in [0.3, 0.4) is 0 Å². The van der Waals surface area contributed by atoms with E-state index in [1.54, 1.807) is 0 Å². The zero-order valence-electron chi connectivity index (χ0n) is 18.8. The van der Waals surface area contributed by atoms with E-state index in [0.717, 1.165) is 63.4 Å². The molecule has 0 aromatic carbocycles. The maximum Gasteiger partial charge on any atom is 0.320 e. The summed E-state index contributed by atoms with van der Waals surface area (Å²) < 4.78 is 0. The Balaban J connectivity index is 1.47. The molecule has 0 aromatic heterocycles. The van der Waals surface area contributed by atoms with Gasteiger partial charge in [0.1, 0.15) is 12.3 Å². The molecule has 9 nitrogen and oxygen atoms in total. The second kappa shape index (κ2) is 15.1. The number of rotatable bonds is 18. The van der Waals surface area contributed by atoms with Gasteiger partial charge >= 0.3 is 12.0 Å². The lowest BCUT2D eigenvalue weighted by Crippen LogP contribution is -2.38. The maximum absolute atomic E-state index is 11.8. The molecule has 5 N–H and O–H groups in total. The molecule has 32 heavy (non-hydrogen) atoms. The van der Waals surface area contributed by atoms with Crippen LogP contribution in [0.2, 0.25) is 0 Å². The first-order chi connectivity index (χ1) is 15.5. The number of hydrogen-bond donors (Lipinski definition) is 5. The molecule has 2 heterocycles. The molecule has 0 spiro atoms. The van der Waals surface area contributed by atoms with E-state index in [1.165, 1.54) is 0 Å². The Morgan fingerprint density at radius 2 is 1.88 bits per heavy atom. The van der Waals surface area contributed by atoms with Crippen LogP contribution in [0.5, 0.6) is 0 Å². The Labute approximate surface area is 194 Å². The van der Waals surface area contributed by atoms with Crippen LogP contribution in [0.25, 0.3) is 0 Å². The summed E-state index contributed by atoms with van der Waals surface area (Å²) >= 11 is 1.84. The van der Waals surface area contributed by atoms with Crippen LogP contribution in [0.4, 0.5) is 4.79 Å². The fourth-order valence-corrected chi connectivity index (χ4v) is 5.73. The van der Waals surface area contributed by atoms with Gasteiger partial charge in [-0.2, -0.15) is 11.8 Å². The number of nitrogens with one attached hydrogen (secondary N) is 4. The zero-order chi connectivity index (χ0) is 23.2. The summed E-state index contributed by atoms with van der Waals surface area (Å²) in [5.74, 6) is 0.136. The summed E-state index contributed by atoms with van der Waals surface area (Å²) in [7, 11) is 0. The Kier molecular flexibility index (Phi) is 12.5. The van der Waals surface area contributed by atoms with Gasteiger partial charge in [-0.1, -0.05) is 19.3 Å². The van der Waals surface area contributed by atoms with Crippen molar-refractivity contribution in [1.29, 1.82) is 0 Å². The predicted molar refractivity (Wildman–Crippen MR) is 125 cm³/mol. The molecule has 0 aromatic rings. The van der Waals surface area contributed by atoms with Crippen LogP contribution in [0.1, 0.15) is 70.6 Å². The lowest BCUT2D eigenvalue weighted by Gasteiger charge is -2.18. The van der Waals surface area contributed by atoms with Gasteiger partial charge in [-0.05, 0) is 45.1 Å². The zero-order valence-corrected chi connectivity index (χ0v) is 19.6. The van der Waals surface area contributed by atoms with E-state index < -0.39 is 12.0 Å². The molecule has 1 unspecified atom stereocenters. The van der Waals surface area contributed by atoms with Crippen LogP contribution in [0, 0.1) is 0 Å². The molecule has 3 amide bonds. The molecule has 0 saturated carbocycles. The number of fused-ring (bicyclic) bond motifs is 1. The quantitative estimate of drug-likeness (QED) is 0.117. The second-order valence-corrected chi connectivity index (χ2v) is 9.85. The van der Waals surface area contributed by atoms with Gasteiger partial charge in [0.2, 0.25) is 5.91 Å². The van der Waals surface area contributed by atoms with Crippen molar-refractivity contribution in [2.75, 3.05) is 18.8 Å². The third kappa shape index (κ3) is 9.77. The number of carboxylic acids is 1. The van der Waals surface area contributed by atoms with Crippen molar-refractivity contribution >= 4 is 36.0 Å². The number of amides is 3. The van der Waals surface area contributed by atoms with Gasteiger partial charge in [0.15, 0.2) is 0 Å². The number of thioether (sulfide) groups is 1. The molecule has 10 heteroatoms. The molecule has 2 fully saturated rings. The smallest absolute Gasteiger partial charge is 0.320 e. The van der Waals surface area contributed by atoms with Gasteiger partial charge < -0.3 is 31.2 Å². The van der Waals surface area contributed by atoms with Crippen LogP contribution in [0.15, 0.2) is 0 Å². The van der Waals surface area contributed by atoms with Crippen molar-refractivity contribution in [2.24, 2.45) is 0 Å². The SMILES string of the molecule is O=CCCCCCNC(=O)CCCCCNC(CCC[C@@H]1SC[C@@H]2NC(=O)N[C@@H]21)C(=O)O. The van der Waals surface area contributed by atoms with Crippen molar-refractivity contribution in [1.82, 2.24) is 21.3 Å². The number of urea groups is 1. The molecular formula is C22H38N4O5S. The number of unbranched alkanes of at least 4 members (excludes halogenated alkanes) is 5. The fraction of sp³-hybridized carbons (Fsp3) is 0.818. The first-order valence-corrected chi connectivity index (χ1v) is 12.9. The highest BCUT2D eigenvalue weighted by molar-refractivity contribution is 8.00. The normalized spacial score (nSPS) is 22.6. The number of carbonyl (C=O) groups is 4. The monoisotopic (exact) mass is 470 g/mol. The molecule has 0 radical (unpaired) electrons. The minimum Gasteiger partial charge on any atom is -0.480 e. The Hall–Kier alpha value is -1.81. The molecule has 2 aliphatic rings. The van der Waals surface area contributed by atoms with E-state index in [2.05, 4.69) is 21.3 Å². The van der Waals surface area contributed by atoms with Crippen molar-refractivity contribution < 1.29 is 24.3 Å². The van der Waals surface area contributed by atoms with Crippen molar-refractivity contribution in [2.45, 2.75) is 94.0 Å². The molecule has 4 atom stereocenters. The lowest BCUT2D eigenvalue weighted by atomic mass is 10.0. The van der Waals surface area contributed by atoms with Crippen LogP contribution in [-0.4, -0.2) is 71.5 Å². The standard InChI is InChI=1S/C22H38N4O5S/c27-14-7-2-1-5-13-24-19(28)11-4-3-6-12-23-16(21(29)30)9-8-10-18-20-17(15-32-18)25-22(31)26-20/h14,16-18,20,23H,1-13,15H2,(H,24,28)(H,29,30)(H2,25,26,31)/t16?,17-,18-,20-/m0/s1. The summed E-state index contributed by atoms with van der Waals surface area (Å²) in [6.07, 6.45) is 9.48. The van der Waals surface area contributed by atoms with Crippen molar-refractivity contribution in [3.8, 4) is 0 Å². The molecule has 2 rings (SSSR count). The van der Waals surface area contributed by atoms with Gasteiger partial charge in [-0.3, -0.25) is 9.59 Å². The lowest BCUT2D eigenvalue weighted by molar-refractivity contribution is -0.139. The summed E-state index contributed by atoms with van der Waals surface area (Å²) in [5.41, 5.74) is 0. The second-order valence-electron chi connectivity index (χ2n) is 8.57. The van der Waals surface area contributed by atoms with Gasteiger partial charge in [0, 0.05) is 30.4 Å². The number of carbonyl (C=O) groups excluding carboxylic acids is 3. The van der Waals surface area contributed by atoms with Gasteiger partial charge in [0.05, 0.1) is 12.1 Å². The van der Waals surface area contributed by atoms with E-state index >= 15 is 0 Å². The third-order valence-electron chi connectivity index (χ3n) is 6.01. The van der Waals surface area contributed by atoms with Gasteiger partial charge in [0.25, 0.3) is 0 Å². The topological polar surface area (TPSA) is 137 Å². The minimum absolute atomic E-state index is 0.0532. The van der Waals surface area contributed by atoms with E-state index in [0.29, 0.717) is 37.6 Å². The molecule has 0 aliphatic carbocycles. The average Bonchev–Trinajstić information content (AvgIpc) is 3.30. The molecule has 2 saturated heterocycles. The highest BCUT2D eigenvalue weighted by Gasteiger charge is 2.42. The highest BCUT2D eigenvalue weighted by atomic mass is 32.2. The molecule has 0 bridgehead atoms. The van der Waals surface area contributed by atoms with Crippen molar-refractivity contribution in [3.63, 3.8) is 0 Å². The Morgan fingerprint density at radius 3 is 2.66 bits per heavy atom. The predicted octanol–water partition coefficient (Wildman–Crippen LogP) is 1.80. The average molecular weight is 471 g/mol. The van der Waals surface area contributed by atoms with Crippen LogP contribution >= 0.6 is 11.8 Å².